The predicted octanol–water partition coefficient (Wildman–Crippen LogP) is 4.36. The minimum absolute atomic E-state index is 0.120. The fraction of sp³-hybridized carbons (Fsp3) is 0.100. The van der Waals surface area contributed by atoms with E-state index in [9.17, 15) is 4.79 Å². The second kappa shape index (κ2) is 7.42. The van der Waals surface area contributed by atoms with Gasteiger partial charge in [-0.2, -0.15) is 0 Å². The van der Waals surface area contributed by atoms with Gasteiger partial charge in [0.1, 0.15) is 11.5 Å². The van der Waals surface area contributed by atoms with Crippen LogP contribution in [0.5, 0.6) is 11.5 Å². The molecule has 0 saturated carbocycles. The van der Waals surface area contributed by atoms with E-state index in [-0.39, 0.29) is 11.9 Å². The number of benzene rings is 2. The first-order valence-corrected chi connectivity index (χ1v) is 7.76. The molecule has 0 bridgehead atoms. The number of ether oxygens (including phenoxy) is 1. The normalized spacial score (nSPS) is 11.5. The van der Waals surface area contributed by atoms with Crippen LogP contribution >= 0.6 is 0 Å². The molecule has 1 heterocycles. The number of para-hydroxylation sites is 1. The SMILES string of the molecule is CC(NC(=O)c1cccc(Oc2ccccc2)c1)c1cccnc1. The van der Waals surface area contributed by atoms with Crippen LogP contribution in [0.15, 0.2) is 79.1 Å². The molecule has 0 aliphatic rings. The highest BCUT2D eigenvalue weighted by atomic mass is 16.5. The second-order valence-corrected chi connectivity index (χ2v) is 5.42. The van der Waals surface area contributed by atoms with Crippen molar-refractivity contribution in [2.24, 2.45) is 0 Å². The van der Waals surface area contributed by atoms with Crippen molar-refractivity contribution in [2.45, 2.75) is 13.0 Å². The van der Waals surface area contributed by atoms with Gasteiger partial charge >= 0.3 is 0 Å². The van der Waals surface area contributed by atoms with E-state index in [0.29, 0.717) is 11.3 Å². The van der Waals surface area contributed by atoms with Gasteiger partial charge in [0.2, 0.25) is 0 Å². The third kappa shape index (κ3) is 3.98. The Labute approximate surface area is 141 Å². The number of carbonyl (C=O) groups excluding carboxylic acids is 1. The number of carbonyl (C=O) groups is 1. The second-order valence-electron chi connectivity index (χ2n) is 5.42. The van der Waals surface area contributed by atoms with Crippen LogP contribution in [-0.2, 0) is 0 Å². The van der Waals surface area contributed by atoms with Crippen LogP contribution in [0.3, 0.4) is 0 Å². The fourth-order valence-electron chi connectivity index (χ4n) is 2.32. The zero-order valence-electron chi connectivity index (χ0n) is 13.3. The van der Waals surface area contributed by atoms with Crippen LogP contribution in [0.25, 0.3) is 0 Å². The van der Waals surface area contributed by atoms with Crippen molar-refractivity contribution in [1.82, 2.24) is 10.3 Å². The van der Waals surface area contributed by atoms with Gasteiger partial charge in [0.15, 0.2) is 0 Å². The lowest BCUT2D eigenvalue weighted by Gasteiger charge is -2.14. The van der Waals surface area contributed by atoms with E-state index in [4.69, 9.17) is 4.74 Å². The van der Waals surface area contributed by atoms with Crippen molar-refractivity contribution in [3.8, 4) is 11.5 Å². The quantitative estimate of drug-likeness (QED) is 0.760. The zero-order valence-corrected chi connectivity index (χ0v) is 13.3. The number of hydrogen-bond donors (Lipinski definition) is 1. The molecule has 4 heteroatoms. The van der Waals surface area contributed by atoms with Crippen molar-refractivity contribution in [3.05, 3.63) is 90.3 Å². The van der Waals surface area contributed by atoms with Gasteiger partial charge in [-0.1, -0.05) is 30.3 Å². The maximum absolute atomic E-state index is 12.4. The summed E-state index contributed by atoms with van der Waals surface area (Å²) in [5, 5.41) is 2.97. The summed E-state index contributed by atoms with van der Waals surface area (Å²) in [7, 11) is 0. The number of nitrogens with zero attached hydrogens (tertiary/aromatic N) is 1. The average molecular weight is 318 g/mol. The van der Waals surface area contributed by atoms with Gasteiger partial charge < -0.3 is 10.1 Å². The average Bonchev–Trinajstić information content (AvgIpc) is 2.63. The lowest BCUT2D eigenvalue weighted by Crippen LogP contribution is -2.26. The summed E-state index contributed by atoms with van der Waals surface area (Å²) in [4.78, 5) is 16.5. The molecule has 0 saturated heterocycles. The number of nitrogens with one attached hydrogen (secondary N) is 1. The molecule has 0 aliphatic heterocycles. The van der Waals surface area contributed by atoms with Crippen LogP contribution in [0, 0.1) is 0 Å². The van der Waals surface area contributed by atoms with Crippen molar-refractivity contribution >= 4 is 5.91 Å². The summed E-state index contributed by atoms with van der Waals surface area (Å²) >= 11 is 0. The van der Waals surface area contributed by atoms with Gasteiger partial charge in [0.05, 0.1) is 6.04 Å². The molecule has 2 aromatic carbocycles. The van der Waals surface area contributed by atoms with Crippen molar-refractivity contribution < 1.29 is 9.53 Å². The Morgan fingerprint density at radius 2 is 1.79 bits per heavy atom. The molecule has 3 aromatic rings. The molecule has 24 heavy (non-hydrogen) atoms. The van der Waals surface area contributed by atoms with Crippen molar-refractivity contribution in [1.29, 1.82) is 0 Å². The van der Waals surface area contributed by atoms with Crippen molar-refractivity contribution in [3.63, 3.8) is 0 Å². The molecule has 1 amide bonds. The van der Waals surface area contributed by atoms with E-state index in [0.717, 1.165) is 11.3 Å². The number of aromatic nitrogens is 1. The van der Waals surface area contributed by atoms with Gasteiger partial charge in [-0.3, -0.25) is 9.78 Å². The van der Waals surface area contributed by atoms with Gasteiger partial charge in [0, 0.05) is 18.0 Å². The lowest BCUT2D eigenvalue weighted by molar-refractivity contribution is 0.0939. The number of hydrogen-bond acceptors (Lipinski definition) is 3. The Kier molecular flexibility index (Phi) is 4.87. The molecule has 1 aromatic heterocycles. The predicted molar refractivity (Wildman–Crippen MR) is 93.1 cm³/mol. The summed E-state index contributed by atoms with van der Waals surface area (Å²) < 4.78 is 5.77. The van der Waals surface area contributed by atoms with Crippen molar-refractivity contribution in [2.75, 3.05) is 0 Å². The van der Waals surface area contributed by atoms with Gasteiger partial charge in [0.25, 0.3) is 5.91 Å². The first kappa shape index (κ1) is 15.7. The largest absolute Gasteiger partial charge is 0.457 e. The van der Waals surface area contributed by atoms with E-state index in [2.05, 4.69) is 10.3 Å². The third-order valence-corrected chi connectivity index (χ3v) is 3.61. The summed E-state index contributed by atoms with van der Waals surface area (Å²) in [5.74, 6) is 1.21. The monoisotopic (exact) mass is 318 g/mol. The summed E-state index contributed by atoms with van der Waals surface area (Å²) in [5.41, 5.74) is 1.52. The van der Waals surface area contributed by atoms with E-state index < -0.39 is 0 Å². The molecule has 1 atom stereocenters. The first-order chi connectivity index (χ1) is 11.7. The molecule has 0 radical (unpaired) electrons. The Hall–Kier alpha value is -3.14. The standard InChI is InChI=1S/C20H18N2O2/c1-15(17-8-6-12-21-14-17)22-20(23)16-7-5-11-19(13-16)24-18-9-3-2-4-10-18/h2-15H,1H3,(H,22,23). The minimum atomic E-state index is -0.148. The van der Waals surface area contributed by atoms with Crippen LogP contribution in [0.1, 0.15) is 28.9 Å². The summed E-state index contributed by atoms with van der Waals surface area (Å²) in [6.07, 6.45) is 3.46. The maximum Gasteiger partial charge on any atom is 0.251 e. The molecule has 3 rings (SSSR count). The molecule has 0 aliphatic carbocycles. The highest BCUT2D eigenvalue weighted by molar-refractivity contribution is 5.94. The Bertz CT molecular complexity index is 804. The smallest absolute Gasteiger partial charge is 0.251 e. The van der Waals surface area contributed by atoms with Gasteiger partial charge in [-0.25, -0.2) is 0 Å². The Morgan fingerprint density at radius 1 is 1.00 bits per heavy atom. The Balaban J connectivity index is 1.70. The van der Waals surface area contributed by atoms with E-state index in [1.807, 2.05) is 61.5 Å². The zero-order chi connectivity index (χ0) is 16.8. The molecular weight excluding hydrogens is 300 g/mol. The maximum atomic E-state index is 12.4. The Morgan fingerprint density at radius 3 is 2.54 bits per heavy atom. The molecule has 1 N–H and O–H groups in total. The number of pyridine rings is 1. The number of amides is 1. The van der Waals surface area contributed by atoms with Crippen LogP contribution in [0.2, 0.25) is 0 Å². The van der Waals surface area contributed by atoms with Crippen LogP contribution in [-0.4, -0.2) is 10.9 Å². The van der Waals surface area contributed by atoms with Gasteiger partial charge in [-0.05, 0) is 48.9 Å². The topological polar surface area (TPSA) is 51.2 Å². The fourth-order valence-corrected chi connectivity index (χ4v) is 2.32. The molecular formula is C20H18N2O2. The van der Waals surface area contributed by atoms with E-state index in [1.54, 1.807) is 24.5 Å². The number of rotatable bonds is 5. The van der Waals surface area contributed by atoms with Crippen LogP contribution < -0.4 is 10.1 Å². The molecule has 4 nitrogen and oxygen atoms in total. The molecule has 120 valence electrons. The molecule has 0 fully saturated rings. The van der Waals surface area contributed by atoms with Crippen LogP contribution in [0.4, 0.5) is 0 Å². The van der Waals surface area contributed by atoms with E-state index in [1.165, 1.54) is 0 Å². The lowest BCUT2D eigenvalue weighted by atomic mass is 10.1. The third-order valence-electron chi connectivity index (χ3n) is 3.61. The summed E-state index contributed by atoms with van der Waals surface area (Å²) in [6.45, 7) is 1.93. The highest BCUT2D eigenvalue weighted by Gasteiger charge is 2.12. The first-order valence-electron chi connectivity index (χ1n) is 7.76. The molecule has 0 spiro atoms. The summed E-state index contributed by atoms with van der Waals surface area (Å²) in [6, 6.07) is 20.3. The minimum Gasteiger partial charge on any atom is -0.457 e. The van der Waals surface area contributed by atoms with Gasteiger partial charge in [-0.15, -0.1) is 0 Å². The van der Waals surface area contributed by atoms with E-state index >= 15 is 0 Å². The molecule has 1 unspecified atom stereocenters. The highest BCUT2D eigenvalue weighted by Crippen LogP contribution is 2.22.